The molecular formula is C13H17BrN4. The highest BCUT2D eigenvalue weighted by Gasteiger charge is 2.12. The molecule has 1 heterocycles. The van der Waals surface area contributed by atoms with Gasteiger partial charge in [-0.2, -0.15) is 5.10 Å². The molecule has 0 saturated carbocycles. The summed E-state index contributed by atoms with van der Waals surface area (Å²) >= 11 is 3.43. The highest BCUT2D eigenvalue weighted by atomic mass is 79.9. The van der Waals surface area contributed by atoms with Crippen LogP contribution in [0.1, 0.15) is 24.1 Å². The van der Waals surface area contributed by atoms with Crippen molar-refractivity contribution in [1.82, 2.24) is 15.2 Å². The van der Waals surface area contributed by atoms with Crippen LogP contribution in [0.2, 0.25) is 0 Å². The molecule has 4 nitrogen and oxygen atoms in total. The summed E-state index contributed by atoms with van der Waals surface area (Å²) in [5.41, 5.74) is 5.21. The minimum absolute atomic E-state index is 0.0893. The van der Waals surface area contributed by atoms with Crippen LogP contribution in [-0.4, -0.2) is 9.78 Å². The fourth-order valence-corrected chi connectivity index (χ4v) is 2.13. The predicted molar refractivity (Wildman–Crippen MR) is 75.8 cm³/mol. The van der Waals surface area contributed by atoms with Gasteiger partial charge in [-0.25, -0.2) is 0 Å². The normalized spacial score (nSPS) is 12.6. The quantitative estimate of drug-likeness (QED) is 0.659. The van der Waals surface area contributed by atoms with Crippen LogP contribution in [0.5, 0.6) is 0 Å². The fraction of sp³-hybridized carbons (Fsp3) is 0.308. The number of rotatable bonds is 5. The lowest BCUT2D eigenvalue weighted by molar-refractivity contribution is 0.550. The average molecular weight is 309 g/mol. The molecule has 0 radical (unpaired) electrons. The van der Waals surface area contributed by atoms with Crippen molar-refractivity contribution in [1.29, 1.82) is 0 Å². The first-order chi connectivity index (χ1) is 8.72. The van der Waals surface area contributed by atoms with Gasteiger partial charge in [-0.05, 0) is 31.0 Å². The highest BCUT2D eigenvalue weighted by molar-refractivity contribution is 9.10. The van der Waals surface area contributed by atoms with Crippen LogP contribution in [0.4, 0.5) is 0 Å². The van der Waals surface area contributed by atoms with Crippen LogP contribution in [0.25, 0.3) is 0 Å². The number of hydrogen-bond donors (Lipinski definition) is 2. The van der Waals surface area contributed by atoms with Crippen LogP contribution in [0.15, 0.2) is 41.1 Å². The molecule has 18 heavy (non-hydrogen) atoms. The van der Waals surface area contributed by atoms with Crippen molar-refractivity contribution in [2.24, 2.45) is 5.84 Å². The van der Waals surface area contributed by atoms with Gasteiger partial charge in [-0.3, -0.25) is 16.0 Å². The summed E-state index contributed by atoms with van der Waals surface area (Å²) in [6.45, 7) is 2.94. The summed E-state index contributed by atoms with van der Waals surface area (Å²) in [5, 5.41) is 4.27. The van der Waals surface area contributed by atoms with Gasteiger partial charge in [0.25, 0.3) is 0 Å². The van der Waals surface area contributed by atoms with Gasteiger partial charge >= 0.3 is 0 Å². The number of nitrogens with two attached hydrogens (primary N) is 1. The Balaban J connectivity index is 2.11. The van der Waals surface area contributed by atoms with E-state index in [1.807, 2.05) is 29.2 Å². The number of aromatic nitrogens is 2. The molecule has 0 amide bonds. The van der Waals surface area contributed by atoms with E-state index >= 15 is 0 Å². The lowest BCUT2D eigenvalue weighted by atomic mass is 10.0. The van der Waals surface area contributed by atoms with Crippen LogP contribution >= 0.6 is 15.9 Å². The van der Waals surface area contributed by atoms with Crippen LogP contribution in [-0.2, 0) is 13.0 Å². The maximum atomic E-state index is 5.64. The van der Waals surface area contributed by atoms with E-state index in [2.05, 4.69) is 45.5 Å². The molecule has 1 aromatic carbocycles. The summed E-state index contributed by atoms with van der Waals surface area (Å²) in [7, 11) is 0. The third-order valence-corrected chi connectivity index (χ3v) is 3.46. The zero-order valence-corrected chi connectivity index (χ0v) is 11.9. The van der Waals surface area contributed by atoms with E-state index in [9.17, 15) is 0 Å². The predicted octanol–water partition coefficient (Wildman–Crippen LogP) is 2.41. The first-order valence-electron chi connectivity index (χ1n) is 5.96. The van der Waals surface area contributed by atoms with E-state index in [1.165, 1.54) is 5.56 Å². The fourth-order valence-electron chi connectivity index (χ4n) is 1.86. The lowest BCUT2D eigenvalue weighted by Gasteiger charge is -2.14. The van der Waals surface area contributed by atoms with Gasteiger partial charge in [0.2, 0.25) is 0 Å². The van der Waals surface area contributed by atoms with Crippen molar-refractivity contribution in [3.8, 4) is 0 Å². The van der Waals surface area contributed by atoms with Crippen molar-refractivity contribution >= 4 is 15.9 Å². The Morgan fingerprint density at radius 3 is 2.67 bits per heavy atom. The Kier molecular flexibility index (Phi) is 4.52. The van der Waals surface area contributed by atoms with E-state index in [1.54, 1.807) is 0 Å². The van der Waals surface area contributed by atoms with E-state index < -0.39 is 0 Å². The summed E-state index contributed by atoms with van der Waals surface area (Å²) < 4.78 is 2.99. The molecule has 96 valence electrons. The minimum atomic E-state index is 0.0893. The van der Waals surface area contributed by atoms with Gasteiger partial charge in [0.05, 0.1) is 12.2 Å². The number of halogens is 1. The lowest BCUT2D eigenvalue weighted by Crippen LogP contribution is -2.29. The Hall–Kier alpha value is -1.17. The molecule has 0 saturated heterocycles. The highest BCUT2D eigenvalue weighted by Crippen LogP contribution is 2.19. The Labute approximate surface area is 115 Å². The molecule has 0 aliphatic rings. The zero-order valence-electron chi connectivity index (χ0n) is 10.3. The molecule has 0 fully saturated rings. The molecule has 0 aliphatic heterocycles. The molecule has 1 aromatic heterocycles. The Morgan fingerprint density at radius 2 is 2.11 bits per heavy atom. The van der Waals surface area contributed by atoms with Crippen molar-refractivity contribution in [2.45, 2.75) is 25.9 Å². The summed E-state index contributed by atoms with van der Waals surface area (Å²) in [6, 6.07) is 8.36. The van der Waals surface area contributed by atoms with Gasteiger partial charge in [-0.15, -0.1) is 0 Å². The second-order valence-corrected chi connectivity index (χ2v) is 5.09. The molecule has 0 aliphatic carbocycles. The molecule has 0 bridgehead atoms. The number of aryl methyl sites for hydroxylation is 1. The maximum absolute atomic E-state index is 5.64. The Bertz CT molecular complexity index is 492. The Morgan fingerprint density at radius 1 is 1.39 bits per heavy atom. The monoisotopic (exact) mass is 308 g/mol. The largest absolute Gasteiger partial charge is 0.273 e. The van der Waals surface area contributed by atoms with E-state index in [-0.39, 0.29) is 6.04 Å². The summed E-state index contributed by atoms with van der Waals surface area (Å²) in [5.74, 6) is 5.64. The SMILES string of the molecule is CCn1cc(C(Cc2ccc(Br)cc2)NN)cn1. The first kappa shape index (κ1) is 13.3. The minimum Gasteiger partial charge on any atom is -0.273 e. The van der Waals surface area contributed by atoms with Crippen LogP contribution < -0.4 is 11.3 Å². The third-order valence-electron chi connectivity index (χ3n) is 2.93. The van der Waals surface area contributed by atoms with Crippen LogP contribution in [0.3, 0.4) is 0 Å². The van der Waals surface area contributed by atoms with Crippen molar-refractivity contribution in [3.63, 3.8) is 0 Å². The molecule has 2 aromatic rings. The molecule has 1 atom stereocenters. The van der Waals surface area contributed by atoms with Crippen molar-refractivity contribution in [3.05, 3.63) is 52.3 Å². The number of nitrogens with one attached hydrogen (secondary N) is 1. The van der Waals surface area contributed by atoms with Gasteiger partial charge in [0, 0.05) is 22.8 Å². The van der Waals surface area contributed by atoms with Crippen molar-refractivity contribution < 1.29 is 0 Å². The van der Waals surface area contributed by atoms with Gasteiger partial charge in [0.1, 0.15) is 0 Å². The summed E-state index contributed by atoms with van der Waals surface area (Å²) in [4.78, 5) is 0. The molecule has 5 heteroatoms. The van der Waals surface area contributed by atoms with Crippen LogP contribution in [0, 0.1) is 0 Å². The topological polar surface area (TPSA) is 55.9 Å². The average Bonchev–Trinajstić information content (AvgIpc) is 2.87. The molecule has 2 rings (SSSR count). The van der Waals surface area contributed by atoms with Gasteiger partial charge in [0.15, 0.2) is 0 Å². The number of benzene rings is 1. The number of hydrazine groups is 1. The van der Waals surface area contributed by atoms with E-state index in [0.717, 1.165) is 23.0 Å². The van der Waals surface area contributed by atoms with Gasteiger partial charge in [-0.1, -0.05) is 28.1 Å². The molecule has 1 unspecified atom stereocenters. The van der Waals surface area contributed by atoms with Crippen molar-refractivity contribution in [2.75, 3.05) is 0 Å². The smallest absolute Gasteiger partial charge is 0.0538 e. The molecule has 3 N–H and O–H groups in total. The van der Waals surface area contributed by atoms with E-state index in [4.69, 9.17) is 5.84 Å². The number of nitrogens with zero attached hydrogens (tertiary/aromatic N) is 2. The summed E-state index contributed by atoms with van der Waals surface area (Å²) in [6.07, 6.45) is 4.75. The second kappa shape index (κ2) is 6.13. The van der Waals surface area contributed by atoms with Gasteiger partial charge < -0.3 is 0 Å². The maximum Gasteiger partial charge on any atom is 0.0538 e. The molecule has 0 spiro atoms. The standard InChI is InChI=1S/C13H17BrN4/c1-2-18-9-11(8-16-18)13(17-15)7-10-3-5-12(14)6-4-10/h3-6,8-9,13,17H,2,7,15H2,1H3. The first-order valence-corrected chi connectivity index (χ1v) is 6.75. The molecular weight excluding hydrogens is 292 g/mol. The zero-order chi connectivity index (χ0) is 13.0. The number of hydrogen-bond acceptors (Lipinski definition) is 3. The second-order valence-electron chi connectivity index (χ2n) is 4.18. The van der Waals surface area contributed by atoms with E-state index in [0.29, 0.717) is 0 Å². The third kappa shape index (κ3) is 3.19.